The van der Waals surface area contributed by atoms with E-state index in [1.807, 2.05) is 36.4 Å². The van der Waals surface area contributed by atoms with Gasteiger partial charge in [-0.25, -0.2) is 9.59 Å². The molecule has 0 radical (unpaired) electrons. The summed E-state index contributed by atoms with van der Waals surface area (Å²) in [5.41, 5.74) is 4.41. The quantitative estimate of drug-likeness (QED) is 0.811. The molecule has 1 saturated heterocycles. The van der Waals surface area contributed by atoms with Crippen LogP contribution in [-0.2, 0) is 14.3 Å². The van der Waals surface area contributed by atoms with Gasteiger partial charge in [0.1, 0.15) is 12.6 Å². The third-order valence-corrected chi connectivity index (χ3v) is 6.05. The highest BCUT2D eigenvalue weighted by molar-refractivity contribution is 5.84. The van der Waals surface area contributed by atoms with Gasteiger partial charge < -0.3 is 15.2 Å². The van der Waals surface area contributed by atoms with E-state index in [1.165, 1.54) is 11.9 Å². The molecular formula is C23H24N2O5. The standard InChI is InChI=1S/C23H24N2O5/c1-24-21(26)14-10-11-20(22(27)28)25(12-14)23(29)30-13-19-17-8-4-2-6-15(17)16-7-3-5-9-18(16)19/h2-9,14,19-20H,10-13H2,1H3,(H,24,26)(H,27,28)/t14-,20-/m1/s1. The van der Waals surface area contributed by atoms with Crippen molar-refractivity contribution in [1.29, 1.82) is 0 Å². The van der Waals surface area contributed by atoms with E-state index in [9.17, 15) is 19.5 Å². The zero-order valence-corrected chi connectivity index (χ0v) is 16.7. The van der Waals surface area contributed by atoms with Gasteiger partial charge in [0.25, 0.3) is 0 Å². The normalized spacial score (nSPS) is 20.2. The van der Waals surface area contributed by atoms with Crippen LogP contribution >= 0.6 is 0 Å². The van der Waals surface area contributed by atoms with Gasteiger partial charge in [-0.3, -0.25) is 9.69 Å². The smallest absolute Gasteiger partial charge is 0.410 e. The van der Waals surface area contributed by atoms with Gasteiger partial charge in [0.05, 0.1) is 5.92 Å². The number of likely N-dealkylation sites (tertiary alicyclic amines) is 1. The molecule has 2 amide bonds. The molecule has 7 heteroatoms. The zero-order valence-electron chi connectivity index (χ0n) is 16.7. The minimum Gasteiger partial charge on any atom is -0.480 e. The molecule has 2 aromatic rings. The van der Waals surface area contributed by atoms with E-state index < -0.39 is 24.0 Å². The molecule has 2 atom stereocenters. The van der Waals surface area contributed by atoms with Crippen LogP contribution in [0.1, 0.15) is 29.9 Å². The number of piperidine rings is 1. The number of amides is 2. The van der Waals surface area contributed by atoms with E-state index in [-0.39, 0.29) is 31.4 Å². The Morgan fingerprint density at radius 1 is 1.03 bits per heavy atom. The summed E-state index contributed by atoms with van der Waals surface area (Å²) in [6, 6.07) is 15.0. The van der Waals surface area contributed by atoms with Crippen LogP contribution < -0.4 is 5.32 Å². The Balaban J connectivity index is 1.52. The Morgan fingerprint density at radius 3 is 2.20 bits per heavy atom. The van der Waals surface area contributed by atoms with Crippen molar-refractivity contribution < 1.29 is 24.2 Å². The number of benzene rings is 2. The molecule has 1 aliphatic carbocycles. The van der Waals surface area contributed by atoms with E-state index in [2.05, 4.69) is 17.4 Å². The maximum Gasteiger partial charge on any atom is 0.410 e. The van der Waals surface area contributed by atoms with Crippen molar-refractivity contribution in [2.24, 2.45) is 5.92 Å². The lowest BCUT2D eigenvalue weighted by atomic mass is 9.92. The third-order valence-electron chi connectivity index (χ3n) is 6.05. The summed E-state index contributed by atoms with van der Waals surface area (Å²) in [6.45, 7) is 0.146. The summed E-state index contributed by atoms with van der Waals surface area (Å²) in [4.78, 5) is 37.7. The van der Waals surface area contributed by atoms with Crippen molar-refractivity contribution >= 4 is 18.0 Å². The Morgan fingerprint density at radius 2 is 1.63 bits per heavy atom. The summed E-state index contributed by atoms with van der Waals surface area (Å²) in [6.07, 6.45) is -0.0561. The van der Waals surface area contributed by atoms with Gasteiger partial charge in [0, 0.05) is 19.5 Å². The van der Waals surface area contributed by atoms with E-state index in [4.69, 9.17) is 4.74 Å². The lowest BCUT2D eigenvalue weighted by molar-refractivity contribution is -0.146. The molecule has 156 valence electrons. The molecule has 2 aliphatic rings. The van der Waals surface area contributed by atoms with Gasteiger partial charge in [0.2, 0.25) is 5.91 Å². The Hall–Kier alpha value is -3.35. The number of carbonyl (C=O) groups is 3. The highest BCUT2D eigenvalue weighted by Crippen LogP contribution is 2.44. The second-order valence-corrected chi connectivity index (χ2v) is 7.70. The average molecular weight is 408 g/mol. The maximum atomic E-state index is 12.9. The van der Waals surface area contributed by atoms with Crippen molar-refractivity contribution in [2.45, 2.75) is 24.8 Å². The SMILES string of the molecule is CNC(=O)[C@@H]1CC[C@H](C(=O)O)N(C(=O)OCC2c3ccccc3-c3ccccc32)C1. The number of carboxylic acids is 1. The van der Waals surface area contributed by atoms with Crippen LogP contribution in [0.4, 0.5) is 4.79 Å². The van der Waals surface area contributed by atoms with Crippen LogP contribution in [0.15, 0.2) is 48.5 Å². The second kappa shape index (κ2) is 8.18. The third kappa shape index (κ3) is 3.51. The number of aliphatic carboxylic acids is 1. The van der Waals surface area contributed by atoms with Gasteiger partial charge >= 0.3 is 12.1 Å². The lowest BCUT2D eigenvalue weighted by Gasteiger charge is -2.36. The molecule has 1 heterocycles. The fourth-order valence-electron chi connectivity index (χ4n) is 4.52. The Kier molecular flexibility index (Phi) is 5.44. The first-order chi connectivity index (χ1) is 14.5. The van der Waals surface area contributed by atoms with Gasteiger partial charge in [0.15, 0.2) is 0 Å². The number of rotatable bonds is 4. The molecule has 2 aromatic carbocycles. The van der Waals surface area contributed by atoms with Gasteiger partial charge in [-0.2, -0.15) is 0 Å². The molecule has 2 N–H and O–H groups in total. The molecule has 0 spiro atoms. The van der Waals surface area contributed by atoms with Crippen LogP contribution in [0.3, 0.4) is 0 Å². The van der Waals surface area contributed by atoms with E-state index in [0.29, 0.717) is 6.42 Å². The molecule has 7 nitrogen and oxygen atoms in total. The second-order valence-electron chi connectivity index (χ2n) is 7.70. The number of nitrogens with one attached hydrogen (secondary N) is 1. The number of carbonyl (C=O) groups excluding carboxylic acids is 2. The molecule has 4 rings (SSSR count). The van der Waals surface area contributed by atoms with E-state index in [1.54, 1.807) is 0 Å². The summed E-state index contributed by atoms with van der Waals surface area (Å²) >= 11 is 0. The topological polar surface area (TPSA) is 95.9 Å². The maximum absolute atomic E-state index is 12.9. The lowest BCUT2D eigenvalue weighted by Crippen LogP contribution is -2.53. The Bertz CT molecular complexity index is 944. The highest BCUT2D eigenvalue weighted by Gasteiger charge is 2.39. The molecule has 1 fully saturated rings. The largest absolute Gasteiger partial charge is 0.480 e. The minimum atomic E-state index is -1.08. The van der Waals surface area contributed by atoms with Crippen LogP contribution in [-0.4, -0.2) is 54.2 Å². The van der Waals surface area contributed by atoms with Crippen molar-refractivity contribution in [3.8, 4) is 11.1 Å². The van der Waals surface area contributed by atoms with Gasteiger partial charge in [-0.15, -0.1) is 0 Å². The van der Waals surface area contributed by atoms with Crippen molar-refractivity contribution in [3.63, 3.8) is 0 Å². The summed E-state index contributed by atoms with van der Waals surface area (Å²) in [5.74, 6) is -1.83. The van der Waals surface area contributed by atoms with E-state index >= 15 is 0 Å². The van der Waals surface area contributed by atoms with Gasteiger partial charge in [-0.05, 0) is 35.1 Å². The number of ether oxygens (including phenoxy) is 1. The number of fused-ring (bicyclic) bond motifs is 3. The molecule has 0 aromatic heterocycles. The van der Waals surface area contributed by atoms with Crippen LogP contribution in [0, 0.1) is 5.92 Å². The van der Waals surface area contributed by atoms with E-state index in [0.717, 1.165) is 22.3 Å². The molecule has 0 bridgehead atoms. The average Bonchev–Trinajstić information content (AvgIpc) is 3.10. The first-order valence-electron chi connectivity index (χ1n) is 10.1. The molecule has 1 aliphatic heterocycles. The molecular weight excluding hydrogens is 384 g/mol. The fraction of sp³-hybridized carbons (Fsp3) is 0.348. The van der Waals surface area contributed by atoms with Crippen molar-refractivity contribution in [2.75, 3.05) is 20.2 Å². The van der Waals surface area contributed by atoms with Crippen LogP contribution in [0.25, 0.3) is 11.1 Å². The first-order valence-corrected chi connectivity index (χ1v) is 10.1. The Labute approximate surface area is 174 Å². The molecule has 30 heavy (non-hydrogen) atoms. The summed E-state index contributed by atoms with van der Waals surface area (Å²) < 4.78 is 5.61. The number of nitrogens with zero attached hydrogens (tertiary/aromatic N) is 1. The predicted octanol–water partition coefficient (Wildman–Crippen LogP) is 2.85. The van der Waals surface area contributed by atoms with Crippen LogP contribution in [0.5, 0.6) is 0 Å². The summed E-state index contributed by atoms with van der Waals surface area (Å²) in [5, 5.41) is 12.1. The number of hydrogen-bond donors (Lipinski definition) is 2. The number of hydrogen-bond acceptors (Lipinski definition) is 4. The predicted molar refractivity (Wildman–Crippen MR) is 110 cm³/mol. The van der Waals surface area contributed by atoms with Crippen molar-refractivity contribution in [3.05, 3.63) is 59.7 Å². The fourth-order valence-corrected chi connectivity index (χ4v) is 4.52. The molecule has 0 saturated carbocycles. The monoisotopic (exact) mass is 408 g/mol. The minimum absolute atomic E-state index is 0.0350. The number of carboxylic acid groups (broad SMARTS) is 1. The summed E-state index contributed by atoms with van der Waals surface area (Å²) in [7, 11) is 1.53. The molecule has 0 unspecified atom stereocenters. The highest BCUT2D eigenvalue weighted by atomic mass is 16.6. The zero-order chi connectivity index (χ0) is 21.3. The first kappa shape index (κ1) is 19.9. The van der Waals surface area contributed by atoms with Gasteiger partial charge in [-0.1, -0.05) is 48.5 Å². The van der Waals surface area contributed by atoms with Crippen molar-refractivity contribution in [1.82, 2.24) is 10.2 Å². The van der Waals surface area contributed by atoms with Crippen LogP contribution in [0.2, 0.25) is 0 Å².